The Balaban J connectivity index is 2.02. The summed E-state index contributed by atoms with van der Waals surface area (Å²) in [5, 5.41) is 13.8. The second kappa shape index (κ2) is 7.81. The van der Waals surface area contributed by atoms with E-state index in [0.717, 1.165) is 0 Å². The quantitative estimate of drug-likeness (QED) is 0.881. The molecule has 0 unspecified atom stereocenters. The lowest BCUT2D eigenvalue weighted by atomic mass is 10.2. The van der Waals surface area contributed by atoms with Gasteiger partial charge in [-0.05, 0) is 30.1 Å². The molecule has 1 aromatic carbocycles. The van der Waals surface area contributed by atoms with Crippen molar-refractivity contribution >= 4 is 22.2 Å². The van der Waals surface area contributed by atoms with E-state index in [9.17, 15) is 13.6 Å². The van der Waals surface area contributed by atoms with Crippen molar-refractivity contribution in [1.29, 1.82) is 5.26 Å². The molecule has 0 fully saturated rings. The van der Waals surface area contributed by atoms with Crippen LogP contribution in [0.2, 0.25) is 0 Å². The van der Waals surface area contributed by atoms with Gasteiger partial charge in [-0.2, -0.15) is 5.26 Å². The van der Waals surface area contributed by atoms with Crippen LogP contribution in [0, 0.1) is 23.0 Å². The number of amides is 1. The molecule has 0 radical (unpaired) electrons. The van der Waals surface area contributed by atoms with Crippen LogP contribution in [0.15, 0.2) is 29.6 Å². The highest BCUT2D eigenvalue weighted by Crippen LogP contribution is 2.22. The number of hydrogen-bond donors (Lipinski definition) is 1. The van der Waals surface area contributed by atoms with Gasteiger partial charge in [0.25, 0.3) is 0 Å². The van der Waals surface area contributed by atoms with Gasteiger partial charge in [0, 0.05) is 12.1 Å². The van der Waals surface area contributed by atoms with Gasteiger partial charge in [0.15, 0.2) is 0 Å². The highest BCUT2D eigenvalue weighted by atomic mass is 32.1. The Hall–Kier alpha value is -2.30. The van der Waals surface area contributed by atoms with Gasteiger partial charge in [-0.15, -0.1) is 11.3 Å². The molecule has 0 atom stereocenters. The summed E-state index contributed by atoms with van der Waals surface area (Å²) in [4.78, 5) is 13.7. The summed E-state index contributed by atoms with van der Waals surface area (Å²) in [5.41, 5.74) is 0.336. The van der Waals surface area contributed by atoms with Crippen molar-refractivity contribution in [3.05, 3.63) is 52.4 Å². The van der Waals surface area contributed by atoms with Gasteiger partial charge in [-0.3, -0.25) is 9.69 Å². The Kier molecular flexibility index (Phi) is 5.79. The minimum atomic E-state index is -0.631. The molecular formula is C16H15F2N3OS. The zero-order valence-electron chi connectivity index (χ0n) is 12.5. The van der Waals surface area contributed by atoms with E-state index < -0.39 is 11.6 Å². The molecule has 120 valence electrons. The molecule has 0 aliphatic carbocycles. The summed E-state index contributed by atoms with van der Waals surface area (Å²) in [7, 11) is 0. The fourth-order valence-electron chi connectivity index (χ4n) is 2.05. The number of rotatable bonds is 6. The van der Waals surface area contributed by atoms with E-state index >= 15 is 0 Å². The lowest BCUT2D eigenvalue weighted by Crippen LogP contribution is -2.33. The number of benzene rings is 1. The number of carbonyl (C=O) groups is 1. The average molecular weight is 335 g/mol. The predicted molar refractivity (Wildman–Crippen MR) is 85.0 cm³/mol. The van der Waals surface area contributed by atoms with Crippen LogP contribution in [0.4, 0.5) is 13.8 Å². The highest BCUT2D eigenvalue weighted by Gasteiger charge is 2.16. The van der Waals surface area contributed by atoms with Crippen LogP contribution in [-0.2, 0) is 11.3 Å². The Morgan fingerprint density at radius 1 is 1.35 bits per heavy atom. The molecule has 0 bridgehead atoms. The third-order valence-corrected chi connectivity index (χ3v) is 4.13. The summed E-state index contributed by atoms with van der Waals surface area (Å²) in [5.74, 6) is -1.59. The maximum atomic E-state index is 13.7. The first kappa shape index (κ1) is 17.1. The molecule has 7 heteroatoms. The molecule has 2 aromatic rings. The summed E-state index contributed by atoms with van der Waals surface area (Å²) >= 11 is 1.25. The van der Waals surface area contributed by atoms with Gasteiger partial charge < -0.3 is 5.32 Å². The molecule has 0 saturated carbocycles. The van der Waals surface area contributed by atoms with E-state index in [1.165, 1.54) is 29.5 Å². The third kappa shape index (κ3) is 4.34. The van der Waals surface area contributed by atoms with Crippen molar-refractivity contribution in [2.45, 2.75) is 13.5 Å². The Labute approximate surface area is 137 Å². The largest absolute Gasteiger partial charge is 0.315 e. The summed E-state index contributed by atoms with van der Waals surface area (Å²) in [6.45, 7) is 2.24. The van der Waals surface area contributed by atoms with Crippen molar-refractivity contribution in [1.82, 2.24) is 4.90 Å². The molecular weight excluding hydrogens is 320 g/mol. The number of nitrogens with zero attached hydrogens (tertiary/aromatic N) is 2. The normalized spacial score (nSPS) is 10.6. The SMILES string of the molecule is CCN(CC(=O)Nc1sccc1C#N)Cc1c(F)cccc1F. The number of hydrogen-bond acceptors (Lipinski definition) is 4. The topological polar surface area (TPSA) is 56.1 Å². The molecule has 1 N–H and O–H groups in total. The summed E-state index contributed by atoms with van der Waals surface area (Å²) in [6, 6.07) is 7.29. The van der Waals surface area contributed by atoms with Crippen LogP contribution in [0.1, 0.15) is 18.1 Å². The van der Waals surface area contributed by atoms with E-state index in [1.807, 2.05) is 6.07 Å². The van der Waals surface area contributed by atoms with Crippen molar-refractivity contribution < 1.29 is 13.6 Å². The minimum Gasteiger partial charge on any atom is -0.315 e. The monoisotopic (exact) mass is 335 g/mol. The predicted octanol–water partition coefficient (Wildman–Crippen LogP) is 3.36. The fraction of sp³-hybridized carbons (Fsp3) is 0.250. The molecule has 1 amide bonds. The van der Waals surface area contributed by atoms with Gasteiger partial charge in [-0.1, -0.05) is 13.0 Å². The van der Waals surface area contributed by atoms with Gasteiger partial charge in [0.2, 0.25) is 5.91 Å². The molecule has 23 heavy (non-hydrogen) atoms. The Morgan fingerprint density at radius 3 is 2.65 bits per heavy atom. The average Bonchev–Trinajstić information content (AvgIpc) is 2.96. The van der Waals surface area contributed by atoms with Crippen LogP contribution in [-0.4, -0.2) is 23.9 Å². The Morgan fingerprint density at radius 2 is 2.04 bits per heavy atom. The van der Waals surface area contributed by atoms with E-state index in [2.05, 4.69) is 5.32 Å². The van der Waals surface area contributed by atoms with Crippen LogP contribution in [0.5, 0.6) is 0 Å². The maximum Gasteiger partial charge on any atom is 0.239 e. The first-order valence-electron chi connectivity index (χ1n) is 6.97. The van der Waals surface area contributed by atoms with E-state index in [1.54, 1.807) is 23.3 Å². The molecule has 0 saturated heterocycles. The number of likely N-dealkylation sites (N-methyl/N-ethyl adjacent to an activating group) is 1. The zero-order valence-corrected chi connectivity index (χ0v) is 13.3. The second-order valence-corrected chi connectivity index (χ2v) is 5.74. The van der Waals surface area contributed by atoms with Crippen molar-refractivity contribution in [3.8, 4) is 6.07 Å². The fourth-order valence-corrected chi connectivity index (χ4v) is 2.80. The molecule has 1 aromatic heterocycles. The number of carbonyl (C=O) groups excluding carboxylic acids is 1. The number of halogens is 2. The zero-order chi connectivity index (χ0) is 16.8. The number of nitriles is 1. The number of thiophene rings is 1. The maximum absolute atomic E-state index is 13.7. The molecule has 0 aliphatic rings. The van der Waals surface area contributed by atoms with Gasteiger partial charge in [0.05, 0.1) is 12.1 Å². The van der Waals surface area contributed by atoms with Crippen molar-refractivity contribution in [2.24, 2.45) is 0 Å². The summed E-state index contributed by atoms with van der Waals surface area (Å²) < 4.78 is 27.4. The third-order valence-electron chi connectivity index (χ3n) is 3.30. The lowest BCUT2D eigenvalue weighted by Gasteiger charge is -2.20. The first-order chi connectivity index (χ1) is 11.0. The van der Waals surface area contributed by atoms with E-state index in [-0.39, 0.29) is 24.6 Å². The number of nitrogens with one attached hydrogen (secondary N) is 1. The van der Waals surface area contributed by atoms with Crippen molar-refractivity contribution in [3.63, 3.8) is 0 Å². The molecule has 1 heterocycles. The molecule has 4 nitrogen and oxygen atoms in total. The van der Waals surface area contributed by atoms with Gasteiger partial charge in [-0.25, -0.2) is 8.78 Å². The van der Waals surface area contributed by atoms with E-state index in [4.69, 9.17) is 5.26 Å². The summed E-state index contributed by atoms with van der Waals surface area (Å²) in [6.07, 6.45) is 0. The van der Waals surface area contributed by atoms with Crippen LogP contribution in [0.3, 0.4) is 0 Å². The first-order valence-corrected chi connectivity index (χ1v) is 7.85. The number of anilines is 1. The smallest absolute Gasteiger partial charge is 0.239 e. The Bertz CT molecular complexity index is 719. The molecule has 0 aliphatic heterocycles. The van der Waals surface area contributed by atoms with Crippen LogP contribution < -0.4 is 5.32 Å². The highest BCUT2D eigenvalue weighted by molar-refractivity contribution is 7.14. The van der Waals surface area contributed by atoms with Crippen LogP contribution in [0.25, 0.3) is 0 Å². The van der Waals surface area contributed by atoms with Crippen LogP contribution >= 0.6 is 11.3 Å². The van der Waals surface area contributed by atoms with Crippen molar-refractivity contribution in [2.75, 3.05) is 18.4 Å². The van der Waals surface area contributed by atoms with E-state index in [0.29, 0.717) is 17.1 Å². The molecule has 0 spiro atoms. The standard InChI is InChI=1S/C16H15F2N3OS/c1-2-21(9-12-13(17)4-3-5-14(12)18)10-15(22)20-16-11(8-19)6-7-23-16/h3-7H,2,9-10H2,1H3,(H,20,22). The minimum absolute atomic E-state index is 0.00201. The molecule has 2 rings (SSSR count). The second-order valence-electron chi connectivity index (χ2n) is 4.83. The lowest BCUT2D eigenvalue weighted by molar-refractivity contribution is -0.117. The van der Waals surface area contributed by atoms with Gasteiger partial charge >= 0.3 is 0 Å². The van der Waals surface area contributed by atoms with Gasteiger partial charge in [0.1, 0.15) is 22.7 Å².